The molecule has 0 spiro atoms. The van der Waals surface area contributed by atoms with Gasteiger partial charge in [-0.25, -0.2) is 4.79 Å². The second-order valence-corrected chi connectivity index (χ2v) is 5.24. The number of carbonyl (C=O) groups is 1. The molecule has 0 atom stereocenters. The number of rotatable bonds is 4. The number of hydrogen-bond donors (Lipinski definition) is 1. The molecular weight excluding hydrogens is 320 g/mol. The first-order valence-corrected chi connectivity index (χ1v) is 7.37. The molecule has 124 valence electrons. The highest BCUT2D eigenvalue weighted by Crippen LogP contribution is 2.19. The lowest BCUT2D eigenvalue weighted by Gasteiger charge is -2.24. The second-order valence-electron chi connectivity index (χ2n) is 5.24. The van der Waals surface area contributed by atoms with Crippen LogP contribution >= 0.6 is 12.4 Å². The Morgan fingerprint density at radius 2 is 1.91 bits per heavy atom. The maximum absolute atomic E-state index is 11.4. The number of anilines is 2. The largest absolute Gasteiger partial charge is 0.465 e. The van der Waals surface area contributed by atoms with Crippen molar-refractivity contribution >= 4 is 30.1 Å². The molecule has 0 bridgehead atoms. The molecule has 1 aromatic carbocycles. The standard InChI is InChI=1S/C15H18N4O3.ClH/c20-15(21)19(12-7-3-1-4-8-12)11-13-16-14(17-22-13)18-9-5-2-6-10-18;/h1,3-4,7-8H,2,5-6,9-11H2,(H,20,21);1H. The fraction of sp³-hybridized carbons (Fsp3) is 0.400. The SMILES string of the molecule is Cl.O=C(O)N(Cc1nc(N2CCCCC2)no1)c1ccccc1. The quantitative estimate of drug-likeness (QED) is 0.922. The Balaban J connectivity index is 0.00000192. The monoisotopic (exact) mass is 338 g/mol. The summed E-state index contributed by atoms with van der Waals surface area (Å²) in [5.74, 6) is 0.847. The van der Waals surface area contributed by atoms with Crippen molar-refractivity contribution in [2.24, 2.45) is 0 Å². The summed E-state index contributed by atoms with van der Waals surface area (Å²) in [6.45, 7) is 1.88. The summed E-state index contributed by atoms with van der Waals surface area (Å²) in [5.41, 5.74) is 0.577. The molecule has 1 N–H and O–H groups in total. The number of piperidine rings is 1. The van der Waals surface area contributed by atoms with Gasteiger partial charge in [0.15, 0.2) is 0 Å². The number of amides is 1. The van der Waals surface area contributed by atoms with E-state index in [-0.39, 0.29) is 19.0 Å². The van der Waals surface area contributed by atoms with E-state index in [1.807, 2.05) is 6.07 Å². The van der Waals surface area contributed by atoms with Crippen LogP contribution in [-0.4, -0.2) is 34.4 Å². The lowest BCUT2D eigenvalue weighted by atomic mass is 10.1. The highest BCUT2D eigenvalue weighted by Gasteiger charge is 2.21. The van der Waals surface area contributed by atoms with Gasteiger partial charge in [0.05, 0.1) is 0 Å². The number of benzene rings is 1. The number of nitrogens with zero attached hydrogens (tertiary/aromatic N) is 4. The number of aromatic nitrogens is 2. The maximum Gasteiger partial charge on any atom is 0.412 e. The van der Waals surface area contributed by atoms with Gasteiger partial charge >= 0.3 is 6.09 Å². The van der Waals surface area contributed by atoms with Gasteiger partial charge < -0.3 is 14.5 Å². The van der Waals surface area contributed by atoms with E-state index in [0.29, 0.717) is 17.5 Å². The van der Waals surface area contributed by atoms with Crippen molar-refractivity contribution in [3.8, 4) is 0 Å². The first-order chi connectivity index (χ1) is 10.7. The minimum atomic E-state index is -1.05. The summed E-state index contributed by atoms with van der Waals surface area (Å²) in [5, 5.41) is 13.3. The third kappa shape index (κ3) is 4.13. The zero-order valence-corrected chi connectivity index (χ0v) is 13.4. The van der Waals surface area contributed by atoms with Crippen LogP contribution in [0.5, 0.6) is 0 Å². The number of hydrogen-bond acceptors (Lipinski definition) is 5. The third-order valence-corrected chi connectivity index (χ3v) is 3.69. The average Bonchev–Trinajstić information content (AvgIpc) is 3.03. The minimum Gasteiger partial charge on any atom is -0.465 e. The highest BCUT2D eigenvalue weighted by atomic mass is 35.5. The van der Waals surface area contributed by atoms with Gasteiger partial charge in [0.2, 0.25) is 5.89 Å². The summed E-state index contributed by atoms with van der Waals surface area (Å²) in [7, 11) is 0. The van der Waals surface area contributed by atoms with Crippen LogP contribution in [0.15, 0.2) is 34.9 Å². The molecule has 0 unspecified atom stereocenters. The van der Waals surface area contributed by atoms with Crippen molar-refractivity contribution in [3.05, 3.63) is 36.2 Å². The van der Waals surface area contributed by atoms with Gasteiger partial charge in [0.1, 0.15) is 6.54 Å². The smallest absolute Gasteiger partial charge is 0.412 e. The van der Waals surface area contributed by atoms with Gasteiger partial charge in [-0.2, -0.15) is 4.98 Å². The van der Waals surface area contributed by atoms with E-state index in [1.165, 1.54) is 11.3 Å². The third-order valence-electron chi connectivity index (χ3n) is 3.69. The van der Waals surface area contributed by atoms with Crippen LogP contribution in [0.4, 0.5) is 16.4 Å². The van der Waals surface area contributed by atoms with Crippen molar-refractivity contribution in [1.82, 2.24) is 10.1 Å². The van der Waals surface area contributed by atoms with Crippen molar-refractivity contribution < 1.29 is 14.4 Å². The van der Waals surface area contributed by atoms with Crippen molar-refractivity contribution in [1.29, 1.82) is 0 Å². The van der Waals surface area contributed by atoms with Gasteiger partial charge in [-0.1, -0.05) is 18.2 Å². The topological polar surface area (TPSA) is 82.7 Å². The number of carboxylic acid groups (broad SMARTS) is 1. The summed E-state index contributed by atoms with van der Waals surface area (Å²) >= 11 is 0. The molecule has 1 amide bonds. The van der Waals surface area contributed by atoms with Gasteiger partial charge in [-0.3, -0.25) is 4.90 Å². The van der Waals surface area contributed by atoms with Crippen LogP contribution in [0.1, 0.15) is 25.2 Å². The number of para-hydroxylation sites is 1. The molecule has 7 nitrogen and oxygen atoms in total. The molecule has 1 fully saturated rings. The summed E-state index contributed by atoms with van der Waals surface area (Å²) < 4.78 is 5.21. The van der Waals surface area contributed by atoms with Gasteiger partial charge in [-0.05, 0) is 36.6 Å². The van der Waals surface area contributed by atoms with Gasteiger partial charge in [0.25, 0.3) is 5.95 Å². The van der Waals surface area contributed by atoms with Crippen molar-refractivity contribution in [3.63, 3.8) is 0 Å². The Bertz CT molecular complexity index is 629. The molecule has 1 saturated heterocycles. The van der Waals surface area contributed by atoms with Crippen LogP contribution in [0.25, 0.3) is 0 Å². The minimum absolute atomic E-state index is 0. The van der Waals surface area contributed by atoms with Crippen molar-refractivity contribution in [2.45, 2.75) is 25.8 Å². The zero-order chi connectivity index (χ0) is 15.4. The summed E-state index contributed by atoms with van der Waals surface area (Å²) in [6.07, 6.45) is 2.41. The Morgan fingerprint density at radius 3 is 2.57 bits per heavy atom. The normalized spacial score (nSPS) is 14.2. The fourth-order valence-corrected chi connectivity index (χ4v) is 2.55. The van der Waals surface area contributed by atoms with Crippen LogP contribution in [-0.2, 0) is 6.54 Å². The molecule has 3 rings (SSSR count). The molecule has 2 heterocycles. The Hall–Kier alpha value is -2.28. The van der Waals surface area contributed by atoms with E-state index in [1.54, 1.807) is 24.3 Å². The maximum atomic E-state index is 11.4. The lowest BCUT2D eigenvalue weighted by molar-refractivity contribution is 0.200. The Kier molecular flexibility index (Phi) is 5.81. The molecule has 2 aromatic rings. The van der Waals surface area contributed by atoms with Crippen LogP contribution in [0.3, 0.4) is 0 Å². The average molecular weight is 339 g/mol. The molecule has 8 heteroatoms. The first-order valence-electron chi connectivity index (χ1n) is 7.37. The molecule has 0 saturated carbocycles. The van der Waals surface area contributed by atoms with E-state index in [0.717, 1.165) is 25.9 Å². The first kappa shape index (κ1) is 17.1. The zero-order valence-electron chi connectivity index (χ0n) is 12.6. The fourth-order valence-electron chi connectivity index (χ4n) is 2.55. The van der Waals surface area contributed by atoms with Gasteiger partial charge in [0, 0.05) is 18.8 Å². The van der Waals surface area contributed by atoms with Gasteiger partial charge in [-0.15, -0.1) is 12.4 Å². The van der Waals surface area contributed by atoms with E-state index in [4.69, 9.17) is 4.52 Å². The van der Waals surface area contributed by atoms with Crippen LogP contribution < -0.4 is 9.80 Å². The molecule has 0 radical (unpaired) electrons. The van der Waals surface area contributed by atoms with E-state index in [2.05, 4.69) is 15.0 Å². The lowest BCUT2D eigenvalue weighted by Crippen LogP contribution is -2.30. The van der Waals surface area contributed by atoms with Crippen LogP contribution in [0.2, 0.25) is 0 Å². The second kappa shape index (κ2) is 7.82. The molecule has 23 heavy (non-hydrogen) atoms. The number of halogens is 1. The predicted octanol–water partition coefficient (Wildman–Crippen LogP) is 3.17. The van der Waals surface area contributed by atoms with E-state index >= 15 is 0 Å². The predicted molar refractivity (Wildman–Crippen MR) is 88.3 cm³/mol. The molecule has 0 aliphatic carbocycles. The summed E-state index contributed by atoms with van der Waals surface area (Å²) in [6, 6.07) is 8.88. The van der Waals surface area contributed by atoms with Crippen molar-refractivity contribution in [2.75, 3.05) is 22.9 Å². The Labute approximate surface area is 140 Å². The molecule has 1 aromatic heterocycles. The summed E-state index contributed by atoms with van der Waals surface area (Å²) in [4.78, 5) is 19.0. The van der Waals surface area contributed by atoms with E-state index < -0.39 is 6.09 Å². The molecule has 1 aliphatic heterocycles. The highest BCUT2D eigenvalue weighted by molar-refractivity contribution is 5.85. The van der Waals surface area contributed by atoms with E-state index in [9.17, 15) is 9.90 Å². The molecular formula is C15H19ClN4O3. The Morgan fingerprint density at radius 1 is 1.22 bits per heavy atom. The molecule has 1 aliphatic rings. The van der Waals surface area contributed by atoms with Crippen LogP contribution in [0, 0.1) is 0 Å².